The van der Waals surface area contributed by atoms with Gasteiger partial charge in [-0.25, -0.2) is 13.4 Å². The third-order valence-electron chi connectivity index (χ3n) is 5.48. The van der Waals surface area contributed by atoms with Gasteiger partial charge < -0.3 is 24.5 Å². The van der Waals surface area contributed by atoms with Gasteiger partial charge in [0.25, 0.3) is 5.91 Å². The van der Waals surface area contributed by atoms with E-state index in [0.29, 0.717) is 18.1 Å². The van der Waals surface area contributed by atoms with E-state index in [9.17, 15) is 22.0 Å². The molecule has 1 aliphatic heterocycles. The van der Waals surface area contributed by atoms with Gasteiger partial charge in [-0.1, -0.05) is 0 Å². The number of carbonyl (C=O) groups is 1. The summed E-state index contributed by atoms with van der Waals surface area (Å²) < 4.78 is 65.0. The predicted octanol–water partition coefficient (Wildman–Crippen LogP) is 2.62. The first-order valence-electron chi connectivity index (χ1n) is 10.6. The van der Waals surface area contributed by atoms with Gasteiger partial charge >= 0.3 is 6.61 Å². The summed E-state index contributed by atoms with van der Waals surface area (Å²) >= 11 is 0. The number of halogens is 2. The Morgan fingerprint density at radius 1 is 1.27 bits per heavy atom. The number of sulfone groups is 1. The van der Waals surface area contributed by atoms with Gasteiger partial charge in [-0.05, 0) is 43.9 Å². The van der Waals surface area contributed by atoms with Crippen LogP contribution in [0.25, 0.3) is 11.5 Å². The highest BCUT2D eigenvalue weighted by molar-refractivity contribution is 7.91. The van der Waals surface area contributed by atoms with Gasteiger partial charge in [0, 0.05) is 18.7 Å². The van der Waals surface area contributed by atoms with Crippen molar-refractivity contribution < 1.29 is 35.9 Å². The molecule has 0 bridgehead atoms. The Labute approximate surface area is 189 Å². The molecule has 2 heterocycles. The molecular formula is C21H25F2N3O6S. The summed E-state index contributed by atoms with van der Waals surface area (Å²) in [5, 5.41) is 0. The molecule has 1 saturated heterocycles. The van der Waals surface area contributed by atoms with Crippen LogP contribution >= 0.6 is 0 Å². The first kappa shape index (κ1) is 23.4. The van der Waals surface area contributed by atoms with Crippen LogP contribution in [0, 0.1) is 5.92 Å². The number of amides is 1. The molecule has 180 valence electrons. The molecule has 1 aliphatic carbocycles. The van der Waals surface area contributed by atoms with E-state index in [1.165, 1.54) is 23.1 Å². The van der Waals surface area contributed by atoms with Crippen LogP contribution in [0.15, 0.2) is 22.6 Å². The maximum absolute atomic E-state index is 13.0. The number of benzene rings is 1. The van der Waals surface area contributed by atoms with Crippen molar-refractivity contribution in [2.45, 2.75) is 32.4 Å². The maximum Gasteiger partial charge on any atom is 0.387 e. The summed E-state index contributed by atoms with van der Waals surface area (Å²) in [6, 6.07) is 3.61. The van der Waals surface area contributed by atoms with Crippen LogP contribution in [0.4, 0.5) is 8.78 Å². The van der Waals surface area contributed by atoms with Crippen LogP contribution in [-0.4, -0.2) is 62.0 Å². The molecule has 2 N–H and O–H groups in total. The molecule has 2 fully saturated rings. The number of nitrogens with zero attached hydrogens (tertiary/aromatic N) is 2. The lowest BCUT2D eigenvalue weighted by molar-refractivity contribution is -0.0515. The molecular weight excluding hydrogens is 460 g/mol. The van der Waals surface area contributed by atoms with Crippen LogP contribution in [0.5, 0.6) is 11.5 Å². The second kappa shape index (κ2) is 9.26. The first-order chi connectivity index (χ1) is 15.6. The monoisotopic (exact) mass is 485 g/mol. The summed E-state index contributed by atoms with van der Waals surface area (Å²) in [6.07, 6.45) is 2.04. The van der Waals surface area contributed by atoms with Gasteiger partial charge in [-0.15, -0.1) is 0 Å². The fourth-order valence-corrected chi connectivity index (χ4v) is 4.62. The number of oxazole rings is 1. The zero-order chi connectivity index (χ0) is 23.8. The van der Waals surface area contributed by atoms with Gasteiger partial charge in [0.1, 0.15) is 0 Å². The van der Waals surface area contributed by atoms with Crippen LogP contribution in [0.2, 0.25) is 0 Å². The normalized spacial score (nSPS) is 18.9. The van der Waals surface area contributed by atoms with E-state index in [2.05, 4.69) is 9.72 Å². The van der Waals surface area contributed by atoms with E-state index >= 15 is 0 Å². The lowest BCUT2D eigenvalue weighted by Gasteiger charge is -2.26. The Kier molecular flexibility index (Phi) is 6.57. The smallest absolute Gasteiger partial charge is 0.387 e. The molecule has 4 rings (SSSR count). The number of carbonyl (C=O) groups excluding carboxylic acids is 1. The molecule has 9 nitrogen and oxygen atoms in total. The van der Waals surface area contributed by atoms with Crippen LogP contribution < -0.4 is 15.2 Å². The topological polar surface area (TPSA) is 125 Å². The molecule has 0 radical (unpaired) electrons. The lowest BCUT2D eigenvalue weighted by Crippen LogP contribution is -2.44. The third-order valence-corrected chi connectivity index (χ3v) is 7.09. The minimum atomic E-state index is -3.16. The average Bonchev–Trinajstić information content (AvgIpc) is 3.47. The molecule has 1 aromatic carbocycles. The molecule has 1 aromatic heterocycles. The number of rotatable bonds is 8. The number of ether oxygens (including phenoxy) is 2. The van der Waals surface area contributed by atoms with Crippen molar-refractivity contribution in [3.05, 3.63) is 29.7 Å². The SMILES string of the molecule is C[C@H](N)c1oc(-c2ccc(OC(F)F)c(OCC3CC3)c2)nc1C(=O)N1CCS(=O)(=O)CC1. The molecule has 33 heavy (non-hydrogen) atoms. The van der Waals surface area contributed by atoms with Gasteiger partial charge in [0.15, 0.2) is 32.8 Å². The van der Waals surface area contributed by atoms with Gasteiger partial charge in [-0.2, -0.15) is 8.78 Å². The fourth-order valence-electron chi connectivity index (χ4n) is 3.42. The van der Waals surface area contributed by atoms with E-state index in [-0.39, 0.29) is 53.4 Å². The lowest BCUT2D eigenvalue weighted by atomic mass is 10.2. The summed E-state index contributed by atoms with van der Waals surface area (Å²) in [7, 11) is -3.16. The van der Waals surface area contributed by atoms with Gasteiger partial charge in [0.05, 0.1) is 24.2 Å². The molecule has 12 heteroatoms. The number of hydrogen-bond acceptors (Lipinski definition) is 8. The van der Waals surface area contributed by atoms with Crippen molar-refractivity contribution in [3.8, 4) is 23.0 Å². The number of hydrogen-bond donors (Lipinski definition) is 1. The van der Waals surface area contributed by atoms with E-state index in [0.717, 1.165) is 12.8 Å². The van der Waals surface area contributed by atoms with E-state index < -0.39 is 28.4 Å². The van der Waals surface area contributed by atoms with Crippen molar-refractivity contribution in [2.75, 3.05) is 31.2 Å². The van der Waals surface area contributed by atoms with Crippen LogP contribution in [0.1, 0.15) is 42.1 Å². The number of nitrogens with two attached hydrogens (primary N) is 1. The van der Waals surface area contributed by atoms with Crippen molar-refractivity contribution in [1.82, 2.24) is 9.88 Å². The highest BCUT2D eigenvalue weighted by Gasteiger charge is 2.31. The van der Waals surface area contributed by atoms with Gasteiger partial charge in [0.2, 0.25) is 5.89 Å². The quantitative estimate of drug-likeness (QED) is 0.605. The highest BCUT2D eigenvalue weighted by atomic mass is 32.2. The second-order valence-electron chi connectivity index (χ2n) is 8.26. The summed E-state index contributed by atoms with van der Waals surface area (Å²) in [5.74, 6) is -0.110. The molecule has 2 aliphatic rings. The van der Waals surface area contributed by atoms with Crippen molar-refractivity contribution in [2.24, 2.45) is 11.7 Å². The minimum absolute atomic E-state index is 0.00680. The molecule has 0 spiro atoms. The number of alkyl halides is 2. The second-order valence-corrected chi connectivity index (χ2v) is 10.6. The molecule has 0 unspecified atom stereocenters. The summed E-state index contributed by atoms with van der Waals surface area (Å²) in [4.78, 5) is 18.8. The van der Waals surface area contributed by atoms with E-state index in [1.54, 1.807) is 6.92 Å². The van der Waals surface area contributed by atoms with Crippen molar-refractivity contribution in [1.29, 1.82) is 0 Å². The van der Waals surface area contributed by atoms with Crippen LogP contribution in [0.3, 0.4) is 0 Å². The highest BCUT2D eigenvalue weighted by Crippen LogP contribution is 2.37. The molecule has 2 aromatic rings. The Morgan fingerprint density at radius 2 is 1.97 bits per heavy atom. The molecule has 1 saturated carbocycles. The van der Waals surface area contributed by atoms with E-state index in [1.807, 2.05) is 0 Å². The van der Waals surface area contributed by atoms with Crippen molar-refractivity contribution >= 4 is 15.7 Å². The Balaban J connectivity index is 1.63. The van der Waals surface area contributed by atoms with Gasteiger partial charge in [-0.3, -0.25) is 4.79 Å². The molecule has 1 atom stereocenters. The zero-order valence-corrected chi connectivity index (χ0v) is 18.8. The Bertz CT molecular complexity index is 1120. The third kappa shape index (κ3) is 5.61. The standard InChI is InChI=1S/C21H25F2N3O6S/c1-12(24)18-17(20(27)26-6-8-33(28,29)9-7-26)25-19(32-18)14-4-5-15(31-21(22)23)16(10-14)30-11-13-2-3-13/h4-5,10,12-13,21H,2-3,6-9,11,24H2,1H3/t12-/m0/s1. The fraction of sp³-hybridized carbons (Fsp3) is 0.524. The largest absolute Gasteiger partial charge is 0.489 e. The Hall–Kier alpha value is -2.73. The van der Waals surface area contributed by atoms with E-state index in [4.69, 9.17) is 14.9 Å². The number of aromatic nitrogens is 1. The minimum Gasteiger partial charge on any atom is -0.489 e. The average molecular weight is 486 g/mol. The zero-order valence-electron chi connectivity index (χ0n) is 18.0. The summed E-state index contributed by atoms with van der Waals surface area (Å²) in [6.45, 7) is -0.892. The summed E-state index contributed by atoms with van der Waals surface area (Å²) in [5.41, 5.74) is 6.37. The molecule has 1 amide bonds. The van der Waals surface area contributed by atoms with Crippen molar-refractivity contribution in [3.63, 3.8) is 0 Å². The predicted molar refractivity (Wildman–Crippen MR) is 114 cm³/mol. The first-order valence-corrected chi connectivity index (χ1v) is 12.4. The maximum atomic E-state index is 13.0. The Morgan fingerprint density at radius 3 is 2.58 bits per heavy atom. The van der Waals surface area contributed by atoms with Crippen LogP contribution in [-0.2, 0) is 9.84 Å².